The molecule has 1 saturated heterocycles. The van der Waals surface area contributed by atoms with Crippen molar-refractivity contribution in [2.24, 2.45) is 0 Å². The van der Waals surface area contributed by atoms with Crippen molar-refractivity contribution in [1.82, 2.24) is 0 Å². The number of benzene rings is 3. The molecule has 1 aliphatic heterocycles. The maximum atomic E-state index is 10.8. The predicted molar refractivity (Wildman–Crippen MR) is 129 cm³/mol. The van der Waals surface area contributed by atoms with Crippen molar-refractivity contribution in [3.8, 4) is 33.8 Å². The molecule has 172 valence electrons. The zero-order valence-corrected chi connectivity index (χ0v) is 18.8. The molecule has 0 unspecified atom stereocenters. The van der Waals surface area contributed by atoms with Gasteiger partial charge in [0, 0.05) is 24.3 Å². The number of anilines is 1. The number of aryl methyl sites for hydroxylation is 1. The predicted octanol–water partition coefficient (Wildman–Crippen LogP) is 5.61. The fourth-order valence-corrected chi connectivity index (χ4v) is 4.34. The summed E-state index contributed by atoms with van der Waals surface area (Å²) in [7, 11) is 0. The topological polar surface area (TPSA) is 79.2 Å². The highest BCUT2D eigenvalue weighted by molar-refractivity contribution is 5.79. The molecular formula is C27H29NO5. The van der Waals surface area contributed by atoms with Crippen molar-refractivity contribution in [2.45, 2.75) is 26.2 Å². The van der Waals surface area contributed by atoms with Crippen molar-refractivity contribution in [2.75, 3.05) is 31.2 Å². The van der Waals surface area contributed by atoms with E-state index in [-0.39, 0.29) is 19.0 Å². The largest absolute Gasteiger partial charge is 0.511 e. The molecule has 1 fully saturated rings. The van der Waals surface area contributed by atoms with Crippen molar-refractivity contribution >= 4 is 11.8 Å². The van der Waals surface area contributed by atoms with Gasteiger partial charge in [-0.3, -0.25) is 0 Å². The molecule has 0 radical (unpaired) electrons. The number of hydrogen-bond acceptors (Lipinski definition) is 5. The number of nitrogens with zero attached hydrogens (tertiary/aromatic N) is 1. The lowest BCUT2D eigenvalue weighted by Crippen LogP contribution is -2.19. The standard InChI is InChI=1S/C27H29NO5/c1-2-19-17-22(7-11-25(19)28-13-3-4-14-28)24-18-21(8-12-26(24)32-16-15-29)20-5-9-23(10-6-20)33-27(30)31/h5-12,17-18,29H,2-4,13-16H2,1H3,(H,30,31). The number of ether oxygens (including phenoxy) is 2. The molecular weight excluding hydrogens is 418 g/mol. The first kappa shape index (κ1) is 22.7. The van der Waals surface area contributed by atoms with E-state index < -0.39 is 6.16 Å². The molecule has 0 aromatic heterocycles. The molecule has 1 aliphatic rings. The minimum Gasteiger partial charge on any atom is -0.491 e. The Hall–Kier alpha value is -3.51. The Morgan fingerprint density at radius 1 is 0.939 bits per heavy atom. The Bertz CT molecular complexity index is 1100. The molecule has 2 N–H and O–H groups in total. The number of aliphatic hydroxyl groups excluding tert-OH is 1. The molecule has 0 spiro atoms. The van der Waals surface area contributed by atoms with E-state index in [2.05, 4.69) is 36.1 Å². The van der Waals surface area contributed by atoms with Crippen molar-refractivity contribution in [1.29, 1.82) is 0 Å². The molecule has 0 amide bonds. The van der Waals surface area contributed by atoms with Gasteiger partial charge in [0.1, 0.15) is 18.1 Å². The number of carbonyl (C=O) groups is 1. The summed E-state index contributed by atoms with van der Waals surface area (Å²) in [6.07, 6.45) is 2.08. The lowest BCUT2D eigenvalue weighted by molar-refractivity contribution is 0.144. The summed E-state index contributed by atoms with van der Waals surface area (Å²) >= 11 is 0. The number of aliphatic hydroxyl groups is 1. The average molecular weight is 448 g/mol. The van der Waals surface area contributed by atoms with Crippen LogP contribution in [0.25, 0.3) is 22.3 Å². The van der Waals surface area contributed by atoms with Gasteiger partial charge in [0.15, 0.2) is 0 Å². The van der Waals surface area contributed by atoms with Gasteiger partial charge in [-0.25, -0.2) is 4.79 Å². The monoisotopic (exact) mass is 447 g/mol. The van der Waals surface area contributed by atoms with Crippen LogP contribution in [0.4, 0.5) is 10.5 Å². The SMILES string of the molecule is CCc1cc(-c2cc(-c3ccc(OC(=O)O)cc3)ccc2OCCO)ccc1N1CCCC1. The summed E-state index contributed by atoms with van der Waals surface area (Å²) in [5.74, 6) is 0.995. The lowest BCUT2D eigenvalue weighted by Gasteiger charge is -2.22. The van der Waals surface area contributed by atoms with E-state index in [1.165, 1.54) is 24.1 Å². The van der Waals surface area contributed by atoms with Crippen LogP contribution in [0.3, 0.4) is 0 Å². The van der Waals surface area contributed by atoms with Crippen LogP contribution in [0, 0.1) is 0 Å². The highest BCUT2D eigenvalue weighted by atomic mass is 16.7. The first-order valence-electron chi connectivity index (χ1n) is 11.4. The Balaban J connectivity index is 1.71. The van der Waals surface area contributed by atoms with Gasteiger partial charge in [-0.2, -0.15) is 0 Å². The quantitative estimate of drug-likeness (QED) is 0.345. The second kappa shape index (κ2) is 10.4. The van der Waals surface area contributed by atoms with Crippen LogP contribution in [0.15, 0.2) is 60.7 Å². The fourth-order valence-electron chi connectivity index (χ4n) is 4.34. The first-order valence-corrected chi connectivity index (χ1v) is 11.4. The Morgan fingerprint density at radius 2 is 1.64 bits per heavy atom. The summed E-state index contributed by atoms with van der Waals surface area (Å²) in [5, 5.41) is 18.1. The zero-order chi connectivity index (χ0) is 23.2. The van der Waals surface area contributed by atoms with E-state index in [9.17, 15) is 9.90 Å². The molecule has 33 heavy (non-hydrogen) atoms. The van der Waals surface area contributed by atoms with Crippen LogP contribution in [0.2, 0.25) is 0 Å². The molecule has 0 aliphatic carbocycles. The average Bonchev–Trinajstić information content (AvgIpc) is 3.37. The Kier molecular flexibility index (Phi) is 7.15. The van der Waals surface area contributed by atoms with E-state index in [4.69, 9.17) is 14.6 Å². The van der Waals surface area contributed by atoms with Gasteiger partial charge in [-0.1, -0.05) is 31.2 Å². The van der Waals surface area contributed by atoms with E-state index in [1.54, 1.807) is 12.1 Å². The summed E-state index contributed by atoms with van der Waals surface area (Å²) in [6.45, 7) is 4.56. The fraction of sp³-hybridized carbons (Fsp3) is 0.296. The summed E-state index contributed by atoms with van der Waals surface area (Å²) in [5.41, 5.74) is 6.55. The van der Waals surface area contributed by atoms with Gasteiger partial charge in [0.25, 0.3) is 0 Å². The minimum atomic E-state index is -1.33. The smallest absolute Gasteiger partial charge is 0.491 e. The van der Waals surface area contributed by atoms with Gasteiger partial charge in [-0.15, -0.1) is 0 Å². The molecule has 3 aromatic rings. The van der Waals surface area contributed by atoms with Crippen LogP contribution in [0.5, 0.6) is 11.5 Å². The molecule has 3 aromatic carbocycles. The molecule has 0 atom stereocenters. The van der Waals surface area contributed by atoms with Crippen molar-refractivity contribution in [3.63, 3.8) is 0 Å². The van der Waals surface area contributed by atoms with E-state index in [1.807, 2.05) is 24.3 Å². The Labute approximate surface area is 194 Å². The third kappa shape index (κ3) is 5.29. The normalized spacial score (nSPS) is 13.2. The van der Waals surface area contributed by atoms with E-state index in [0.717, 1.165) is 47.5 Å². The molecule has 6 heteroatoms. The van der Waals surface area contributed by atoms with E-state index in [0.29, 0.717) is 0 Å². The second-order valence-corrected chi connectivity index (χ2v) is 8.07. The lowest BCUT2D eigenvalue weighted by atomic mass is 9.95. The van der Waals surface area contributed by atoms with Crippen LogP contribution < -0.4 is 14.4 Å². The zero-order valence-electron chi connectivity index (χ0n) is 18.8. The molecule has 4 rings (SSSR count). The van der Waals surface area contributed by atoms with Crippen LogP contribution >= 0.6 is 0 Å². The highest BCUT2D eigenvalue weighted by Crippen LogP contribution is 2.37. The van der Waals surface area contributed by atoms with Crippen LogP contribution in [0.1, 0.15) is 25.3 Å². The van der Waals surface area contributed by atoms with Gasteiger partial charge in [0.2, 0.25) is 0 Å². The van der Waals surface area contributed by atoms with Gasteiger partial charge >= 0.3 is 6.16 Å². The molecule has 0 saturated carbocycles. The first-order chi connectivity index (χ1) is 16.1. The number of rotatable bonds is 8. The van der Waals surface area contributed by atoms with E-state index >= 15 is 0 Å². The van der Waals surface area contributed by atoms with Gasteiger partial charge in [0.05, 0.1) is 6.61 Å². The number of carboxylic acid groups (broad SMARTS) is 1. The second-order valence-electron chi connectivity index (χ2n) is 8.07. The minimum absolute atomic E-state index is 0.0552. The summed E-state index contributed by atoms with van der Waals surface area (Å²) in [4.78, 5) is 13.2. The van der Waals surface area contributed by atoms with Crippen molar-refractivity contribution in [3.05, 3.63) is 66.2 Å². The molecule has 6 nitrogen and oxygen atoms in total. The number of hydrogen-bond donors (Lipinski definition) is 2. The molecule has 1 heterocycles. The summed E-state index contributed by atoms with van der Waals surface area (Å²) < 4.78 is 10.6. The van der Waals surface area contributed by atoms with Crippen molar-refractivity contribution < 1.29 is 24.5 Å². The highest BCUT2D eigenvalue weighted by Gasteiger charge is 2.17. The van der Waals surface area contributed by atoms with Crippen LogP contribution in [-0.2, 0) is 6.42 Å². The van der Waals surface area contributed by atoms with Crippen LogP contribution in [-0.4, -0.2) is 42.7 Å². The van der Waals surface area contributed by atoms with Gasteiger partial charge in [-0.05, 0) is 77.9 Å². The molecule has 0 bridgehead atoms. The summed E-state index contributed by atoms with van der Waals surface area (Å²) in [6, 6.07) is 19.5. The Morgan fingerprint density at radius 3 is 2.30 bits per heavy atom. The third-order valence-corrected chi connectivity index (χ3v) is 5.94. The maximum absolute atomic E-state index is 10.8. The maximum Gasteiger partial charge on any atom is 0.511 e. The van der Waals surface area contributed by atoms with Gasteiger partial charge < -0.3 is 24.6 Å². The third-order valence-electron chi connectivity index (χ3n) is 5.94.